The summed E-state index contributed by atoms with van der Waals surface area (Å²) in [7, 11) is 0. The highest BCUT2D eigenvalue weighted by molar-refractivity contribution is 5.39. The molecular weight excluding hydrogens is 198 g/mol. The van der Waals surface area contributed by atoms with Crippen molar-refractivity contribution in [3.8, 4) is 5.75 Å². The fourth-order valence-electron chi connectivity index (χ4n) is 3.10. The normalized spacial score (nSPS) is 28.3. The van der Waals surface area contributed by atoms with Crippen LogP contribution in [-0.4, -0.2) is 31.1 Å². The van der Waals surface area contributed by atoms with Crippen LogP contribution in [0.2, 0.25) is 0 Å². The molecule has 0 bridgehead atoms. The number of nitrogens with zero attached hydrogens (tertiary/aromatic N) is 1. The van der Waals surface area contributed by atoms with Crippen LogP contribution in [0.15, 0.2) is 24.3 Å². The van der Waals surface area contributed by atoms with Crippen molar-refractivity contribution in [1.29, 1.82) is 0 Å². The predicted molar refractivity (Wildman–Crippen MR) is 64.9 cm³/mol. The van der Waals surface area contributed by atoms with Crippen LogP contribution in [0.1, 0.15) is 24.8 Å². The van der Waals surface area contributed by atoms with Gasteiger partial charge < -0.3 is 9.64 Å². The number of hydrogen-bond acceptors (Lipinski definition) is 2. The minimum atomic E-state index is 0.705. The zero-order chi connectivity index (χ0) is 11.0. The summed E-state index contributed by atoms with van der Waals surface area (Å²) in [5.74, 6) is 2.53. The Hall–Kier alpha value is -1.02. The van der Waals surface area contributed by atoms with Gasteiger partial charge in [-0.2, -0.15) is 0 Å². The predicted octanol–water partition coefficient (Wildman–Crippen LogP) is 2.50. The van der Waals surface area contributed by atoms with Crippen molar-refractivity contribution < 1.29 is 4.74 Å². The lowest BCUT2D eigenvalue weighted by Gasteiger charge is -2.27. The van der Waals surface area contributed by atoms with E-state index in [1.54, 1.807) is 0 Å². The van der Waals surface area contributed by atoms with E-state index in [2.05, 4.69) is 36.1 Å². The Morgan fingerprint density at radius 2 is 2.19 bits per heavy atom. The van der Waals surface area contributed by atoms with E-state index in [9.17, 15) is 0 Å². The van der Waals surface area contributed by atoms with Gasteiger partial charge in [-0.3, -0.25) is 0 Å². The van der Waals surface area contributed by atoms with Crippen LogP contribution < -0.4 is 4.74 Å². The monoisotopic (exact) mass is 217 g/mol. The van der Waals surface area contributed by atoms with Crippen molar-refractivity contribution in [3.63, 3.8) is 0 Å². The van der Waals surface area contributed by atoms with Gasteiger partial charge in [0.15, 0.2) is 0 Å². The van der Waals surface area contributed by atoms with Gasteiger partial charge >= 0.3 is 0 Å². The number of para-hydroxylation sites is 1. The van der Waals surface area contributed by atoms with Crippen molar-refractivity contribution >= 4 is 0 Å². The van der Waals surface area contributed by atoms with Gasteiger partial charge in [0, 0.05) is 24.9 Å². The molecule has 16 heavy (non-hydrogen) atoms. The van der Waals surface area contributed by atoms with Crippen molar-refractivity contribution in [2.24, 2.45) is 5.92 Å². The molecule has 2 aliphatic heterocycles. The number of benzene rings is 1. The fraction of sp³-hybridized carbons (Fsp3) is 0.571. The highest BCUT2D eigenvalue weighted by atomic mass is 16.5. The van der Waals surface area contributed by atoms with Crippen LogP contribution in [0.25, 0.3) is 0 Å². The molecule has 86 valence electrons. The van der Waals surface area contributed by atoms with Crippen molar-refractivity contribution in [1.82, 2.24) is 4.90 Å². The summed E-state index contributed by atoms with van der Waals surface area (Å²) in [6.07, 6.45) is 1.25. The van der Waals surface area contributed by atoms with Crippen molar-refractivity contribution in [2.75, 3.05) is 26.2 Å². The van der Waals surface area contributed by atoms with Gasteiger partial charge in [-0.25, -0.2) is 0 Å². The van der Waals surface area contributed by atoms with Gasteiger partial charge in [-0.05, 0) is 24.6 Å². The molecule has 3 rings (SSSR count). The second kappa shape index (κ2) is 4.10. The Kier molecular flexibility index (Phi) is 2.60. The standard InChI is InChI=1S/C14H19NO/c1-2-7-15-8-11-10-16-14-6-4-3-5-12(14)13(11)9-15/h3-6,11,13H,2,7-10H2,1H3. The molecule has 0 spiro atoms. The third-order valence-corrected chi connectivity index (χ3v) is 3.83. The molecule has 0 aromatic heterocycles. The first-order valence-corrected chi connectivity index (χ1v) is 6.32. The van der Waals surface area contributed by atoms with E-state index >= 15 is 0 Å². The zero-order valence-corrected chi connectivity index (χ0v) is 9.86. The first-order valence-electron chi connectivity index (χ1n) is 6.32. The second-order valence-corrected chi connectivity index (χ2v) is 4.97. The zero-order valence-electron chi connectivity index (χ0n) is 9.86. The van der Waals surface area contributed by atoms with Crippen LogP contribution >= 0.6 is 0 Å². The maximum absolute atomic E-state index is 5.84. The quantitative estimate of drug-likeness (QED) is 0.754. The Morgan fingerprint density at radius 3 is 3.06 bits per heavy atom. The van der Waals surface area contributed by atoms with Gasteiger partial charge in [0.2, 0.25) is 0 Å². The van der Waals surface area contributed by atoms with Crippen LogP contribution in [0.3, 0.4) is 0 Å². The molecule has 2 nitrogen and oxygen atoms in total. The molecule has 1 aromatic rings. The molecule has 2 heteroatoms. The van der Waals surface area contributed by atoms with Gasteiger partial charge in [-0.15, -0.1) is 0 Å². The molecule has 0 amide bonds. The second-order valence-electron chi connectivity index (χ2n) is 4.97. The number of fused-ring (bicyclic) bond motifs is 3. The summed E-state index contributed by atoms with van der Waals surface area (Å²) >= 11 is 0. The van der Waals surface area contributed by atoms with E-state index in [0.29, 0.717) is 11.8 Å². The summed E-state index contributed by atoms with van der Waals surface area (Å²) in [6, 6.07) is 8.54. The van der Waals surface area contributed by atoms with E-state index < -0.39 is 0 Å². The lowest BCUT2D eigenvalue weighted by atomic mass is 9.87. The molecule has 2 unspecified atom stereocenters. The Bertz CT molecular complexity index is 377. The molecule has 0 aliphatic carbocycles. The topological polar surface area (TPSA) is 12.5 Å². The summed E-state index contributed by atoms with van der Waals surface area (Å²) in [4.78, 5) is 2.58. The van der Waals surface area contributed by atoms with E-state index in [0.717, 1.165) is 12.4 Å². The molecule has 2 atom stereocenters. The number of hydrogen-bond donors (Lipinski definition) is 0. The molecule has 1 aromatic carbocycles. The Morgan fingerprint density at radius 1 is 1.31 bits per heavy atom. The molecule has 1 fully saturated rings. The van der Waals surface area contributed by atoms with Crippen LogP contribution in [0.5, 0.6) is 5.75 Å². The first-order chi connectivity index (χ1) is 7.88. The molecule has 0 saturated carbocycles. The minimum Gasteiger partial charge on any atom is -0.493 e. The van der Waals surface area contributed by atoms with Crippen molar-refractivity contribution in [2.45, 2.75) is 19.3 Å². The molecule has 0 N–H and O–H groups in total. The third kappa shape index (κ3) is 1.61. The first kappa shape index (κ1) is 10.2. The lowest BCUT2D eigenvalue weighted by molar-refractivity contribution is 0.213. The third-order valence-electron chi connectivity index (χ3n) is 3.83. The van der Waals surface area contributed by atoms with E-state index in [-0.39, 0.29) is 0 Å². The maximum atomic E-state index is 5.84. The SMILES string of the molecule is CCCN1CC2COc3ccccc3C2C1. The smallest absolute Gasteiger partial charge is 0.122 e. The number of rotatable bonds is 2. The Balaban J connectivity index is 1.84. The summed E-state index contributed by atoms with van der Waals surface area (Å²) in [5, 5.41) is 0. The minimum absolute atomic E-state index is 0.705. The molecule has 1 saturated heterocycles. The largest absolute Gasteiger partial charge is 0.493 e. The average molecular weight is 217 g/mol. The van der Waals surface area contributed by atoms with E-state index in [1.807, 2.05) is 0 Å². The maximum Gasteiger partial charge on any atom is 0.122 e. The highest BCUT2D eigenvalue weighted by Gasteiger charge is 2.37. The lowest BCUT2D eigenvalue weighted by Crippen LogP contribution is -2.25. The van der Waals surface area contributed by atoms with Gasteiger partial charge in [0.25, 0.3) is 0 Å². The summed E-state index contributed by atoms with van der Waals surface area (Å²) in [5.41, 5.74) is 1.43. The van der Waals surface area contributed by atoms with E-state index in [1.165, 1.54) is 31.6 Å². The van der Waals surface area contributed by atoms with Crippen LogP contribution in [0, 0.1) is 5.92 Å². The van der Waals surface area contributed by atoms with Gasteiger partial charge in [-0.1, -0.05) is 25.1 Å². The summed E-state index contributed by atoms with van der Waals surface area (Å²) < 4.78 is 5.84. The van der Waals surface area contributed by atoms with E-state index in [4.69, 9.17) is 4.74 Å². The average Bonchev–Trinajstić information content (AvgIpc) is 2.72. The number of ether oxygens (including phenoxy) is 1. The molecule has 2 heterocycles. The summed E-state index contributed by atoms with van der Waals surface area (Å²) in [6.45, 7) is 6.83. The Labute approximate surface area is 97.2 Å². The fourth-order valence-corrected chi connectivity index (χ4v) is 3.10. The van der Waals surface area contributed by atoms with Gasteiger partial charge in [0.1, 0.15) is 5.75 Å². The van der Waals surface area contributed by atoms with Gasteiger partial charge in [0.05, 0.1) is 6.61 Å². The molecule has 2 aliphatic rings. The molecular formula is C14H19NO. The van der Waals surface area contributed by atoms with Crippen LogP contribution in [-0.2, 0) is 0 Å². The van der Waals surface area contributed by atoms with Crippen molar-refractivity contribution in [3.05, 3.63) is 29.8 Å². The molecule has 0 radical (unpaired) electrons. The number of likely N-dealkylation sites (tertiary alicyclic amines) is 1. The van der Waals surface area contributed by atoms with Crippen LogP contribution in [0.4, 0.5) is 0 Å². The highest BCUT2D eigenvalue weighted by Crippen LogP contribution is 2.41.